The summed E-state index contributed by atoms with van der Waals surface area (Å²) in [5.41, 5.74) is 2.93. The summed E-state index contributed by atoms with van der Waals surface area (Å²) in [6, 6.07) is 0. The molecule has 0 spiro atoms. The van der Waals surface area contributed by atoms with E-state index < -0.39 is 5.83 Å². The van der Waals surface area contributed by atoms with Gasteiger partial charge in [0.2, 0.25) is 0 Å². The van der Waals surface area contributed by atoms with Crippen molar-refractivity contribution in [2.24, 2.45) is 0 Å². The van der Waals surface area contributed by atoms with Gasteiger partial charge in [0.15, 0.2) is 0 Å². The molecule has 2 heterocycles. The van der Waals surface area contributed by atoms with E-state index in [0.717, 1.165) is 23.5 Å². The van der Waals surface area contributed by atoms with Gasteiger partial charge in [-0.3, -0.25) is 10.2 Å². The number of nitrogens with zero attached hydrogens (tertiary/aromatic N) is 1. The molecule has 1 saturated heterocycles. The average Bonchev–Trinajstić information content (AvgIpc) is 2.99. The quantitative estimate of drug-likeness (QED) is 0.612. The number of nitrogens with one attached hydrogen (secondary N) is 2. The van der Waals surface area contributed by atoms with Crippen LogP contribution in [0.1, 0.15) is 17.0 Å². The van der Waals surface area contributed by atoms with E-state index in [1.165, 1.54) is 18.4 Å². The summed E-state index contributed by atoms with van der Waals surface area (Å²) in [4.78, 5) is 0. The zero-order valence-corrected chi connectivity index (χ0v) is 10.1. The Morgan fingerprint density at radius 1 is 1.69 bits per heavy atom. The predicted molar refractivity (Wildman–Crippen MR) is 66.1 cm³/mol. The Hall–Kier alpha value is -0.990. The number of H-pyrrole nitrogens is 1. The van der Waals surface area contributed by atoms with Crippen molar-refractivity contribution < 1.29 is 4.39 Å². The van der Waals surface area contributed by atoms with E-state index in [2.05, 4.69) is 21.9 Å². The minimum Gasteiger partial charge on any atom is -0.290 e. The third-order valence-corrected chi connectivity index (χ3v) is 4.00. The van der Waals surface area contributed by atoms with Crippen LogP contribution in [0, 0.1) is 6.92 Å². The molecule has 86 valence electrons. The zero-order chi connectivity index (χ0) is 11.5. The van der Waals surface area contributed by atoms with Gasteiger partial charge in [-0.1, -0.05) is 6.58 Å². The van der Waals surface area contributed by atoms with Gasteiger partial charge in [0.25, 0.3) is 0 Å². The van der Waals surface area contributed by atoms with Crippen LogP contribution in [-0.4, -0.2) is 22.5 Å². The third-order valence-electron chi connectivity index (χ3n) is 2.50. The van der Waals surface area contributed by atoms with E-state index in [1.807, 2.05) is 6.92 Å². The molecule has 0 unspecified atom stereocenters. The fraction of sp³-hybridized carbons (Fsp3) is 0.364. The Balaban J connectivity index is 2.00. The lowest BCUT2D eigenvalue weighted by Crippen LogP contribution is -2.03. The van der Waals surface area contributed by atoms with Gasteiger partial charge in [0.05, 0.1) is 11.4 Å². The molecule has 0 aliphatic carbocycles. The van der Waals surface area contributed by atoms with Crippen molar-refractivity contribution in [3.63, 3.8) is 0 Å². The van der Waals surface area contributed by atoms with E-state index in [4.69, 9.17) is 0 Å². The van der Waals surface area contributed by atoms with Gasteiger partial charge in [-0.25, -0.2) is 4.39 Å². The van der Waals surface area contributed by atoms with Gasteiger partial charge in [0.1, 0.15) is 5.83 Å². The maximum atomic E-state index is 12.5. The van der Waals surface area contributed by atoms with Gasteiger partial charge < -0.3 is 0 Å². The Labute approximate surface area is 95.6 Å². The van der Waals surface area contributed by atoms with Crippen LogP contribution in [-0.2, 0) is 6.54 Å². The van der Waals surface area contributed by atoms with Gasteiger partial charge in [-0.05, 0) is 45.0 Å². The van der Waals surface area contributed by atoms with Crippen LogP contribution >= 0.6 is 8.07 Å². The number of hydrogen-bond acceptors (Lipinski definition) is 2. The molecule has 16 heavy (non-hydrogen) atoms. The highest BCUT2D eigenvalue weighted by molar-refractivity contribution is 7.63. The standard InChI is InChI=1S/C11H15FN3P/c1-8(12)3-4-10-9(2)11(15-14-10)7-13-16-5-6-16/h3-4,13H,1,5-7H2,2H3,(H,14,15)/b4-3-. The van der Waals surface area contributed by atoms with E-state index in [9.17, 15) is 4.39 Å². The summed E-state index contributed by atoms with van der Waals surface area (Å²) in [6.07, 6.45) is 5.65. The number of rotatable bonds is 5. The highest BCUT2D eigenvalue weighted by Crippen LogP contribution is 2.45. The highest BCUT2D eigenvalue weighted by Gasteiger charge is 2.20. The number of halogens is 1. The lowest BCUT2D eigenvalue weighted by molar-refractivity contribution is 0.672. The minimum absolute atomic E-state index is 0.109. The van der Waals surface area contributed by atoms with Crippen molar-refractivity contribution in [2.45, 2.75) is 13.5 Å². The van der Waals surface area contributed by atoms with E-state index in [0.29, 0.717) is 0 Å². The molecule has 0 bridgehead atoms. The van der Waals surface area contributed by atoms with Crippen LogP contribution in [0.4, 0.5) is 4.39 Å². The van der Waals surface area contributed by atoms with Crippen molar-refractivity contribution in [3.8, 4) is 0 Å². The minimum atomic E-state index is -0.449. The second kappa shape index (κ2) is 4.89. The zero-order valence-electron chi connectivity index (χ0n) is 9.26. The maximum Gasteiger partial charge on any atom is 0.116 e. The first-order valence-corrected chi connectivity index (χ1v) is 6.93. The first-order valence-electron chi connectivity index (χ1n) is 5.21. The highest BCUT2D eigenvalue weighted by atomic mass is 31.1. The molecule has 1 aromatic heterocycles. The summed E-state index contributed by atoms with van der Waals surface area (Å²) in [6.45, 7) is 5.97. The summed E-state index contributed by atoms with van der Waals surface area (Å²) in [5, 5.41) is 10.6. The van der Waals surface area contributed by atoms with Crippen LogP contribution in [0.15, 0.2) is 18.5 Å². The fourth-order valence-corrected chi connectivity index (χ4v) is 2.44. The molecule has 2 N–H and O–H groups in total. The Bertz CT molecular complexity index is 421. The maximum absolute atomic E-state index is 12.5. The fourth-order valence-electron chi connectivity index (χ4n) is 1.35. The van der Waals surface area contributed by atoms with Crippen molar-refractivity contribution in [2.75, 3.05) is 12.3 Å². The summed E-state index contributed by atoms with van der Waals surface area (Å²) in [5.74, 6) is -0.449. The topological polar surface area (TPSA) is 40.7 Å². The van der Waals surface area contributed by atoms with Gasteiger partial charge >= 0.3 is 0 Å². The summed E-state index contributed by atoms with van der Waals surface area (Å²) < 4.78 is 12.5. The van der Waals surface area contributed by atoms with E-state index >= 15 is 0 Å². The van der Waals surface area contributed by atoms with Crippen LogP contribution < -0.4 is 5.09 Å². The predicted octanol–water partition coefficient (Wildman–Crippen LogP) is 2.71. The van der Waals surface area contributed by atoms with Crippen LogP contribution in [0.3, 0.4) is 0 Å². The summed E-state index contributed by atoms with van der Waals surface area (Å²) in [7, 11) is 0.109. The monoisotopic (exact) mass is 239 g/mol. The molecule has 0 amide bonds. The largest absolute Gasteiger partial charge is 0.290 e. The molecule has 0 radical (unpaired) electrons. The van der Waals surface area contributed by atoms with E-state index in [1.54, 1.807) is 6.08 Å². The van der Waals surface area contributed by atoms with Crippen LogP contribution in [0.5, 0.6) is 0 Å². The number of aromatic amines is 1. The molecule has 1 aliphatic rings. The van der Waals surface area contributed by atoms with Gasteiger partial charge in [0, 0.05) is 6.54 Å². The molecule has 1 fully saturated rings. The van der Waals surface area contributed by atoms with Crippen LogP contribution in [0.25, 0.3) is 6.08 Å². The smallest absolute Gasteiger partial charge is 0.116 e. The SMILES string of the molecule is C=C(F)/C=C\c1[nH]nc(CNP2CC2)c1C. The number of hydrogen-bond donors (Lipinski definition) is 2. The number of aromatic nitrogens is 2. The molecule has 3 nitrogen and oxygen atoms in total. The third kappa shape index (κ3) is 3.00. The molecular formula is C11H15FN3P. The molecule has 0 aromatic carbocycles. The molecule has 1 aromatic rings. The molecule has 2 rings (SSSR count). The molecule has 0 saturated carbocycles. The van der Waals surface area contributed by atoms with Crippen molar-refractivity contribution in [1.29, 1.82) is 0 Å². The molecule has 5 heteroatoms. The lowest BCUT2D eigenvalue weighted by atomic mass is 10.2. The molecule has 0 atom stereocenters. The second-order valence-corrected chi connectivity index (χ2v) is 6.10. The Morgan fingerprint density at radius 3 is 3.06 bits per heavy atom. The van der Waals surface area contributed by atoms with Gasteiger partial charge in [-0.2, -0.15) is 5.10 Å². The lowest BCUT2D eigenvalue weighted by Gasteiger charge is -1.99. The Morgan fingerprint density at radius 2 is 2.44 bits per heavy atom. The first kappa shape index (κ1) is 11.5. The first-order chi connectivity index (χ1) is 7.66. The van der Waals surface area contributed by atoms with Crippen LogP contribution in [0.2, 0.25) is 0 Å². The van der Waals surface area contributed by atoms with E-state index in [-0.39, 0.29) is 8.07 Å². The van der Waals surface area contributed by atoms with Crippen molar-refractivity contribution in [1.82, 2.24) is 15.3 Å². The molecule has 1 aliphatic heterocycles. The van der Waals surface area contributed by atoms with Crippen molar-refractivity contribution >= 4 is 14.1 Å². The molecular weight excluding hydrogens is 224 g/mol. The average molecular weight is 239 g/mol. The van der Waals surface area contributed by atoms with Gasteiger partial charge in [-0.15, -0.1) is 0 Å². The Kier molecular flexibility index (Phi) is 3.52. The van der Waals surface area contributed by atoms with Crippen molar-refractivity contribution in [3.05, 3.63) is 35.4 Å². The summed E-state index contributed by atoms with van der Waals surface area (Å²) >= 11 is 0. The second-order valence-electron chi connectivity index (χ2n) is 3.81. The normalized spacial score (nSPS) is 15.9. The number of allylic oxidation sites excluding steroid dienone is 2.